The number of hydrazine groups is 2. The molecule has 0 aromatic heterocycles. The Bertz CT molecular complexity index is 1160. The summed E-state index contributed by atoms with van der Waals surface area (Å²) in [6.07, 6.45) is 0. The monoisotopic (exact) mass is 714 g/mol. The number of anilines is 2. The molecule has 4 aromatic carbocycles. The Hall–Kier alpha value is -3.60. The van der Waals surface area contributed by atoms with Gasteiger partial charge in [-0.3, -0.25) is 21.7 Å². The summed E-state index contributed by atoms with van der Waals surface area (Å²) in [7, 11) is 0. The third kappa shape index (κ3) is 12.8. The van der Waals surface area contributed by atoms with Gasteiger partial charge in [-0.1, -0.05) is 72.8 Å². The Balaban J connectivity index is 0.000000253. The van der Waals surface area contributed by atoms with Crippen molar-refractivity contribution in [2.24, 2.45) is 20.5 Å². The van der Waals surface area contributed by atoms with Crippen molar-refractivity contribution in [2.75, 3.05) is 10.9 Å². The molecule has 8 nitrogen and oxygen atoms in total. The van der Waals surface area contributed by atoms with Crippen molar-refractivity contribution in [3.8, 4) is 0 Å². The molecular weight excluding hydrogens is 689 g/mol. The van der Waals surface area contributed by atoms with Gasteiger partial charge >= 0.3 is 0 Å². The molecule has 0 bridgehead atoms. The molecule has 11 heteroatoms. The predicted molar refractivity (Wildman–Crippen MR) is 154 cm³/mol. The second-order valence-corrected chi connectivity index (χ2v) is 7.69. The van der Waals surface area contributed by atoms with E-state index in [0.717, 1.165) is 22.7 Å². The minimum Gasteiger partial charge on any atom is -0.299 e. The van der Waals surface area contributed by atoms with Gasteiger partial charge in [0, 0.05) is 27.7 Å². The van der Waals surface area contributed by atoms with Crippen LogP contribution in [0.4, 0.5) is 22.7 Å². The zero-order valence-electron chi connectivity index (χ0n) is 19.9. The molecule has 4 aromatic rings. The van der Waals surface area contributed by atoms with Crippen LogP contribution in [0.5, 0.6) is 0 Å². The number of hydrogen-bond acceptors (Lipinski definition) is 6. The first-order valence-corrected chi connectivity index (χ1v) is 11.7. The molecule has 4 rings (SSSR count). The van der Waals surface area contributed by atoms with E-state index in [2.05, 4.69) is 42.2 Å². The minimum atomic E-state index is 0. The Kier molecular flexibility index (Phi) is 14.2. The standard InChI is InChI=1S/2C13H12N4S.Hg/c2*18-13(16-14-11-7-3-1-4-8-11)17-15-12-9-5-2-6-10-12;/h2*1-10,14H,(H,16,18);. The smallest absolute Gasteiger partial charge is 0.232 e. The first kappa shape index (κ1) is 29.6. The molecule has 37 heavy (non-hydrogen) atoms. The second-order valence-electron chi connectivity index (χ2n) is 6.91. The quantitative estimate of drug-likeness (QED) is 0.0723. The third-order valence-corrected chi connectivity index (χ3v) is 4.57. The molecule has 0 aliphatic heterocycles. The molecule has 0 fully saturated rings. The first-order chi connectivity index (χ1) is 17.7. The average molecular weight is 713 g/mol. The average Bonchev–Trinajstić information content (AvgIpc) is 2.95. The maximum Gasteiger partial charge on any atom is 0.232 e. The Morgan fingerprint density at radius 1 is 0.459 bits per heavy atom. The predicted octanol–water partition coefficient (Wildman–Crippen LogP) is 7.34. The maximum absolute atomic E-state index is 5.02. The largest absolute Gasteiger partial charge is 0.299 e. The molecule has 0 saturated heterocycles. The van der Waals surface area contributed by atoms with Gasteiger partial charge in [0.2, 0.25) is 10.2 Å². The summed E-state index contributed by atoms with van der Waals surface area (Å²) in [5, 5.41) is 16.3. The Labute approximate surface area is 247 Å². The number of azo groups is 2. The SMILES string of the molecule is S=C(N=Nc1ccccc1)NNc1ccccc1.S=C(N=Nc1ccccc1)NNc1ccccc1.[Hg]. The van der Waals surface area contributed by atoms with E-state index in [9.17, 15) is 0 Å². The van der Waals surface area contributed by atoms with Gasteiger partial charge in [0.15, 0.2) is 0 Å². The minimum absolute atomic E-state index is 0. The fraction of sp³-hybridized carbons (Fsp3) is 0. The fourth-order valence-electron chi connectivity index (χ4n) is 2.54. The van der Waals surface area contributed by atoms with E-state index in [0.29, 0.717) is 0 Å². The number of para-hydroxylation sites is 2. The van der Waals surface area contributed by atoms with Crippen LogP contribution in [0.2, 0.25) is 0 Å². The number of nitrogens with one attached hydrogen (secondary N) is 4. The van der Waals surface area contributed by atoms with Crippen LogP contribution in [0.3, 0.4) is 0 Å². The molecule has 0 spiro atoms. The molecule has 0 atom stereocenters. The second kappa shape index (κ2) is 17.8. The van der Waals surface area contributed by atoms with Crippen LogP contribution in [-0.4, -0.2) is 10.2 Å². The van der Waals surface area contributed by atoms with Crippen LogP contribution >= 0.6 is 24.4 Å². The van der Waals surface area contributed by atoms with Crippen LogP contribution < -0.4 is 21.7 Å². The van der Waals surface area contributed by atoms with Gasteiger partial charge in [-0.15, -0.1) is 20.5 Å². The van der Waals surface area contributed by atoms with Gasteiger partial charge in [0.25, 0.3) is 0 Å². The summed E-state index contributed by atoms with van der Waals surface area (Å²) >= 11 is 10.0. The van der Waals surface area contributed by atoms with Gasteiger partial charge in [0.1, 0.15) is 0 Å². The van der Waals surface area contributed by atoms with Crippen molar-refractivity contribution in [3.63, 3.8) is 0 Å². The molecule has 0 unspecified atom stereocenters. The van der Waals surface area contributed by atoms with Gasteiger partial charge in [-0.05, 0) is 73.0 Å². The van der Waals surface area contributed by atoms with Crippen LogP contribution in [-0.2, 0) is 27.7 Å². The van der Waals surface area contributed by atoms with Crippen LogP contribution in [0.25, 0.3) is 0 Å². The first-order valence-electron chi connectivity index (χ1n) is 10.8. The van der Waals surface area contributed by atoms with Gasteiger partial charge < -0.3 is 0 Å². The van der Waals surface area contributed by atoms with E-state index >= 15 is 0 Å². The fourth-order valence-corrected chi connectivity index (χ4v) is 2.72. The number of hydrogen-bond donors (Lipinski definition) is 4. The zero-order valence-corrected chi connectivity index (χ0v) is 27.0. The van der Waals surface area contributed by atoms with Crippen LogP contribution in [0.1, 0.15) is 0 Å². The number of thiocarbonyl (C=S) groups is 2. The summed E-state index contributed by atoms with van der Waals surface area (Å²) in [5.74, 6) is 0. The summed E-state index contributed by atoms with van der Waals surface area (Å²) in [4.78, 5) is 0. The van der Waals surface area contributed by atoms with E-state index < -0.39 is 0 Å². The molecule has 0 aliphatic carbocycles. The Morgan fingerprint density at radius 2 is 0.757 bits per heavy atom. The van der Waals surface area contributed by atoms with Gasteiger partial charge in [0.05, 0.1) is 22.7 Å². The molecule has 0 heterocycles. The molecule has 0 radical (unpaired) electrons. The van der Waals surface area contributed by atoms with E-state index in [1.807, 2.05) is 121 Å². The normalized spacial score (nSPS) is 9.95. The van der Waals surface area contributed by atoms with Crippen LogP contribution in [0.15, 0.2) is 142 Å². The van der Waals surface area contributed by atoms with E-state index in [4.69, 9.17) is 24.4 Å². The molecular formula is C26H24HgN8S2. The van der Waals surface area contributed by atoms with Crippen molar-refractivity contribution in [1.82, 2.24) is 10.9 Å². The van der Waals surface area contributed by atoms with Gasteiger partial charge in [-0.25, -0.2) is 0 Å². The van der Waals surface area contributed by atoms with E-state index in [1.54, 1.807) is 0 Å². The van der Waals surface area contributed by atoms with E-state index in [1.165, 1.54) is 0 Å². The van der Waals surface area contributed by atoms with Crippen molar-refractivity contribution in [2.45, 2.75) is 0 Å². The molecule has 0 saturated carbocycles. The van der Waals surface area contributed by atoms with Crippen molar-refractivity contribution in [3.05, 3.63) is 121 Å². The third-order valence-electron chi connectivity index (χ3n) is 4.20. The van der Waals surface area contributed by atoms with Crippen LogP contribution in [0, 0.1) is 0 Å². The number of rotatable bonds is 6. The summed E-state index contributed by atoms with van der Waals surface area (Å²) in [6, 6.07) is 38.1. The number of benzene rings is 4. The molecule has 182 valence electrons. The summed E-state index contributed by atoms with van der Waals surface area (Å²) in [6.45, 7) is 0. The van der Waals surface area contributed by atoms with Crippen molar-refractivity contribution in [1.29, 1.82) is 0 Å². The van der Waals surface area contributed by atoms with Crippen molar-refractivity contribution >= 4 is 57.4 Å². The van der Waals surface area contributed by atoms with Gasteiger partial charge in [-0.2, -0.15) is 0 Å². The summed E-state index contributed by atoms with van der Waals surface area (Å²) in [5.41, 5.74) is 14.8. The molecule has 4 N–H and O–H groups in total. The summed E-state index contributed by atoms with van der Waals surface area (Å²) < 4.78 is 0. The number of nitrogens with zero attached hydrogens (tertiary/aromatic N) is 4. The Morgan fingerprint density at radius 3 is 1.08 bits per heavy atom. The zero-order chi connectivity index (χ0) is 25.3. The van der Waals surface area contributed by atoms with Crippen molar-refractivity contribution < 1.29 is 27.7 Å². The maximum atomic E-state index is 5.02. The topological polar surface area (TPSA) is 97.6 Å². The molecule has 0 aliphatic rings. The van der Waals surface area contributed by atoms with E-state index in [-0.39, 0.29) is 37.9 Å². The molecule has 0 amide bonds.